The Balaban J connectivity index is 1.37. The van der Waals surface area contributed by atoms with E-state index in [1.807, 2.05) is 48.5 Å². The first-order valence-electron chi connectivity index (χ1n) is 18.2. The number of amides is 4. The van der Waals surface area contributed by atoms with Crippen LogP contribution in [0.4, 0.5) is 20.6 Å². The number of hydrogen-bond donors (Lipinski definition) is 7. The summed E-state index contributed by atoms with van der Waals surface area (Å²) in [5, 5.41) is 16.3. The van der Waals surface area contributed by atoms with Gasteiger partial charge in [0.15, 0.2) is 5.96 Å². The minimum atomic E-state index is -1.03. The zero-order valence-corrected chi connectivity index (χ0v) is 31.4. The molecule has 0 bridgehead atoms. The number of aromatic nitrogens is 1. The summed E-state index contributed by atoms with van der Waals surface area (Å²) < 4.78 is 15.7. The largest absolute Gasteiger partial charge is 0.370 e. The number of carbonyl (C=O) groups is 3. The van der Waals surface area contributed by atoms with E-state index >= 15 is 0 Å². The third-order valence-electron chi connectivity index (χ3n) is 8.82. The number of nitrogens with zero attached hydrogens (tertiary/aromatic N) is 2. The maximum absolute atomic E-state index is 14.1. The summed E-state index contributed by atoms with van der Waals surface area (Å²) in [6, 6.07) is 25.4. The number of guanidine groups is 1. The van der Waals surface area contributed by atoms with Gasteiger partial charge >= 0.3 is 6.03 Å². The van der Waals surface area contributed by atoms with Crippen molar-refractivity contribution in [2.24, 2.45) is 16.5 Å². The summed E-state index contributed by atoms with van der Waals surface area (Å²) in [4.78, 5) is 45.0. The number of aliphatic imine (C=N–C) groups is 1. The normalized spacial score (nSPS) is 12.1. The molecule has 0 saturated heterocycles. The summed E-state index contributed by atoms with van der Waals surface area (Å²) in [6.45, 7) is 4.35. The van der Waals surface area contributed by atoms with E-state index in [1.54, 1.807) is 36.4 Å². The summed E-state index contributed by atoms with van der Waals surface area (Å²) in [7, 11) is 0. The van der Waals surface area contributed by atoms with Gasteiger partial charge in [-0.3, -0.25) is 14.6 Å². The SMILES string of the molecule is CCCNCc1cn(Cc2ccc(F)cc2)c2ccc(NC(=O)[C@@H](Cc3ccccc3)NC(=O)[C@@H](CCCN=C(N)N)NC(=O)Nc3ccc(Cl)cc3)cc12. The number of rotatable bonds is 18. The first kappa shape index (κ1) is 40.3. The molecule has 0 aliphatic heterocycles. The van der Waals surface area contributed by atoms with Crippen LogP contribution in [0.3, 0.4) is 0 Å². The Morgan fingerprint density at radius 1 is 0.836 bits per heavy atom. The van der Waals surface area contributed by atoms with Crippen molar-refractivity contribution >= 4 is 57.7 Å². The van der Waals surface area contributed by atoms with Crippen molar-refractivity contribution in [2.45, 2.75) is 57.8 Å². The van der Waals surface area contributed by atoms with Gasteiger partial charge in [0.2, 0.25) is 11.8 Å². The third kappa shape index (κ3) is 12.3. The second-order valence-electron chi connectivity index (χ2n) is 13.2. The summed E-state index contributed by atoms with van der Waals surface area (Å²) in [5.41, 5.74) is 15.8. The molecule has 55 heavy (non-hydrogen) atoms. The van der Waals surface area contributed by atoms with Crippen molar-refractivity contribution in [3.63, 3.8) is 0 Å². The maximum atomic E-state index is 14.1. The van der Waals surface area contributed by atoms with Gasteiger partial charge in [-0.15, -0.1) is 0 Å². The lowest BCUT2D eigenvalue weighted by atomic mass is 10.0. The Morgan fingerprint density at radius 3 is 2.27 bits per heavy atom. The smallest absolute Gasteiger partial charge is 0.319 e. The number of fused-ring (bicyclic) bond motifs is 1. The summed E-state index contributed by atoms with van der Waals surface area (Å²) >= 11 is 5.98. The first-order chi connectivity index (χ1) is 26.6. The molecule has 2 atom stereocenters. The molecule has 14 heteroatoms. The lowest BCUT2D eigenvalue weighted by molar-refractivity contribution is -0.127. The van der Waals surface area contributed by atoms with Gasteiger partial charge in [-0.05, 0) is 97.1 Å². The molecule has 4 amide bonds. The van der Waals surface area contributed by atoms with Crippen molar-refractivity contribution in [3.8, 4) is 0 Å². The average molecular weight is 768 g/mol. The van der Waals surface area contributed by atoms with Crippen molar-refractivity contribution in [1.29, 1.82) is 0 Å². The van der Waals surface area contributed by atoms with Crippen molar-refractivity contribution in [1.82, 2.24) is 20.5 Å². The van der Waals surface area contributed by atoms with Crippen LogP contribution in [0.5, 0.6) is 0 Å². The zero-order valence-electron chi connectivity index (χ0n) is 30.7. The molecule has 0 aliphatic carbocycles. The number of nitrogens with two attached hydrogens (primary N) is 2. The molecule has 0 spiro atoms. The molecule has 0 aliphatic rings. The molecule has 1 aromatic heterocycles. The molecule has 0 radical (unpaired) electrons. The van der Waals surface area contributed by atoms with E-state index in [2.05, 4.69) is 49.3 Å². The highest BCUT2D eigenvalue weighted by molar-refractivity contribution is 6.30. The molecule has 9 N–H and O–H groups in total. The van der Waals surface area contributed by atoms with Crippen LogP contribution < -0.4 is 38.1 Å². The third-order valence-corrected chi connectivity index (χ3v) is 9.08. The number of benzene rings is 4. The number of anilines is 2. The lowest BCUT2D eigenvalue weighted by Gasteiger charge is -2.23. The fourth-order valence-electron chi connectivity index (χ4n) is 6.10. The van der Waals surface area contributed by atoms with Crippen molar-refractivity contribution in [2.75, 3.05) is 23.7 Å². The van der Waals surface area contributed by atoms with Crippen molar-refractivity contribution in [3.05, 3.63) is 131 Å². The van der Waals surface area contributed by atoms with Gasteiger partial charge in [0, 0.05) is 59.6 Å². The minimum absolute atomic E-state index is 0.0824. The lowest BCUT2D eigenvalue weighted by Crippen LogP contribution is -2.54. The van der Waals surface area contributed by atoms with Crippen LogP contribution in [-0.4, -0.2) is 53.5 Å². The summed E-state index contributed by atoms with van der Waals surface area (Å²) in [5.74, 6) is -1.36. The van der Waals surface area contributed by atoms with Gasteiger partial charge in [0.1, 0.15) is 17.9 Å². The van der Waals surface area contributed by atoms with Crippen LogP contribution in [0.2, 0.25) is 5.02 Å². The van der Waals surface area contributed by atoms with E-state index in [0.717, 1.165) is 40.6 Å². The van der Waals surface area contributed by atoms with Crippen LogP contribution >= 0.6 is 11.6 Å². The van der Waals surface area contributed by atoms with Crippen molar-refractivity contribution < 1.29 is 18.8 Å². The molecule has 5 aromatic rings. The summed E-state index contributed by atoms with van der Waals surface area (Å²) in [6.07, 6.45) is 3.81. The van der Waals surface area contributed by atoms with Gasteiger partial charge < -0.3 is 42.6 Å². The monoisotopic (exact) mass is 767 g/mol. The highest BCUT2D eigenvalue weighted by atomic mass is 35.5. The minimum Gasteiger partial charge on any atom is -0.370 e. The predicted molar refractivity (Wildman–Crippen MR) is 217 cm³/mol. The number of nitrogens with one attached hydrogen (secondary N) is 5. The van der Waals surface area contributed by atoms with Crippen LogP contribution in [-0.2, 0) is 29.1 Å². The molecule has 1 heterocycles. The van der Waals surface area contributed by atoms with E-state index in [9.17, 15) is 18.8 Å². The van der Waals surface area contributed by atoms with Gasteiger partial charge in [0.05, 0.1) is 0 Å². The molecule has 0 fully saturated rings. The van der Waals surface area contributed by atoms with Gasteiger partial charge in [0.25, 0.3) is 0 Å². The molecule has 0 saturated carbocycles. The second-order valence-corrected chi connectivity index (χ2v) is 13.6. The highest BCUT2D eigenvalue weighted by Crippen LogP contribution is 2.27. The molecule has 288 valence electrons. The zero-order chi connectivity index (χ0) is 39.2. The topological polar surface area (TPSA) is 181 Å². The first-order valence-corrected chi connectivity index (χ1v) is 18.6. The van der Waals surface area contributed by atoms with Crippen LogP contribution in [0.1, 0.15) is 42.9 Å². The van der Waals surface area contributed by atoms with E-state index in [1.165, 1.54) is 12.1 Å². The number of halogens is 2. The van der Waals surface area contributed by atoms with E-state index < -0.39 is 29.9 Å². The molecular formula is C41H47ClFN9O3. The van der Waals surface area contributed by atoms with E-state index in [-0.39, 0.29) is 31.2 Å². The quantitative estimate of drug-likeness (QED) is 0.0332. The maximum Gasteiger partial charge on any atom is 0.319 e. The molecule has 0 unspecified atom stereocenters. The van der Waals surface area contributed by atoms with E-state index in [4.69, 9.17) is 23.1 Å². The van der Waals surface area contributed by atoms with Crippen LogP contribution in [0.15, 0.2) is 108 Å². The van der Waals surface area contributed by atoms with Crippen LogP contribution in [0, 0.1) is 5.82 Å². The molecular weight excluding hydrogens is 721 g/mol. The van der Waals surface area contributed by atoms with Gasteiger partial charge in [-0.1, -0.05) is 61.0 Å². The Labute approximate surface area is 324 Å². The molecule has 12 nitrogen and oxygen atoms in total. The van der Waals surface area contributed by atoms with Gasteiger partial charge in [-0.25, -0.2) is 9.18 Å². The van der Waals surface area contributed by atoms with Crippen LogP contribution in [0.25, 0.3) is 10.9 Å². The second kappa shape index (κ2) is 20.0. The Hall–Kier alpha value is -5.92. The Bertz CT molecular complexity index is 2070. The highest BCUT2D eigenvalue weighted by Gasteiger charge is 2.27. The fraction of sp³-hybridized carbons (Fsp3) is 0.268. The number of hydrogen-bond acceptors (Lipinski definition) is 5. The predicted octanol–water partition coefficient (Wildman–Crippen LogP) is 5.89. The number of urea groups is 1. The van der Waals surface area contributed by atoms with E-state index in [0.29, 0.717) is 35.9 Å². The Kier molecular flexibility index (Phi) is 14.6. The Morgan fingerprint density at radius 2 is 1.56 bits per heavy atom. The number of carbonyl (C=O) groups excluding carboxylic acids is 3. The average Bonchev–Trinajstić information content (AvgIpc) is 3.50. The van der Waals surface area contributed by atoms with Gasteiger partial charge in [-0.2, -0.15) is 0 Å². The fourth-order valence-corrected chi connectivity index (χ4v) is 6.22. The molecule has 5 rings (SSSR count). The standard InChI is InChI=1S/C41H47ClFN9O3/c1-2-20-46-24-29-26-52(25-28-10-14-31(43)15-11-28)37-19-18-33(23-34(29)37)48-39(54)36(22-27-7-4-3-5-8-27)50-38(53)35(9-6-21-47-40(44)45)51-41(55)49-32-16-12-30(42)13-17-32/h3-5,7-8,10-19,23,26,35-36,46H,2,6,9,20-22,24-25H2,1H3,(H,48,54)(H,50,53)(H4,44,45,47)(H2,49,51,55)/t35-,36-/m1/s1. The molecule has 4 aromatic carbocycles.